The smallest absolute Gasteiger partial charge is 0.107 e. The van der Waals surface area contributed by atoms with Gasteiger partial charge in [0.25, 0.3) is 0 Å². The van der Waals surface area contributed by atoms with Gasteiger partial charge in [-0.3, -0.25) is 0 Å². The van der Waals surface area contributed by atoms with Crippen molar-refractivity contribution in [2.75, 3.05) is 0 Å². The summed E-state index contributed by atoms with van der Waals surface area (Å²) in [5.41, 5.74) is 2.57. The Labute approximate surface area is 129 Å². The number of rotatable bonds is 0. The van der Waals surface area contributed by atoms with Crippen molar-refractivity contribution in [3.8, 4) is 0 Å². The van der Waals surface area contributed by atoms with E-state index in [0.717, 1.165) is 17.8 Å². The van der Waals surface area contributed by atoms with Gasteiger partial charge in [-0.05, 0) is 71.8 Å². The van der Waals surface area contributed by atoms with E-state index in [1.54, 1.807) is 0 Å². The van der Waals surface area contributed by atoms with E-state index >= 15 is 0 Å². The Kier molecular flexibility index (Phi) is 2.91. The maximum atomic E-state index is 5.85. The van der Waals surface area contributed by atoms with Crippen molar-refractivity contribution < 1.29 is 4.42 Å². The molecular formula is C20H30O. The second-order valence-electron chi connectivity index (χ2n) is 9.04. The van der Waals surface area contributed by atoms with Crippen molar-refractivity contribution >= 4 is 0 Å². The van der Waals surface area contributed by atoms with Crippen molar-refractivity contribution in [1.82, 2.24) is 0 Å². The molecule has 3 aliphatic rings. The molecule has 4 rings (SSSR count). The van der Waals surface area contributed by atoms with Gasteiger partial charge in [-0.25, -0.2) is 0 Å². The maximum Gasteiger partial charge on any atom is 0.107 e. The predicted octanol–water partition coefficient (Wildman–Crippen LogP) is 5.80. The van der Waals surface area contributed by atoms with E-state index in [-0.39, 0.29) is 0 Å². The lowest BCUT2D eigenvalue weighted by molar-refractivity contribution is -0.105. The van der Waals surface area contributed by atoms with Crippen molar-refractivity contribution in [1.29, 1.82) is 0 Å². The minimum absolute atomic E-state index is 0.531. The zero-order valence-electron chi connectivity index (χ0n) is 14.1. The maximum absolute atomic E-state index is 5.85. The summed E-state index contributed by atoms with van der Waals surface area (Å²) < 4.78 is 5.85. The first-order valence-corrected chi connectivity index (χ1v) is 9.00. The second-order valence-corrected chi connectivity index (χ2v) is 9.04. The molecule has 1 heteroatoms. The van der Waals surface area contributed by atoms with Gasteiger partial charge < -0.3 is 4.42 Å². The molecule has 5 unspecified atom stereocenters. The van der Waals surface area contributed by atoms with Crippen LogP contribution in [0.2, 0.25) is 0 Å². The Morgan fingerprint density at radius 3 is 2.76 bits per heavy atom. The lowest BCUT2D eigenvalue weighted by Gasteiger charge is -2.61. The van der Waals surface area contributed by atoms with Crippen molar-refractivity contribution in [2.45, 2.75) is 72.1 Å². The Morgan fingerprint density at radius 1 is 1.14 bits per heavy atom. The molecule has 1 heterocycles. The van der Waals surface area contributed by atoms with E-state index in [2.05, 4.69) is 33.8 Å². The number of fused-ring (bicyclic) bond motifs is 4. The van der Waals surface area contributed by atoms with Gasteiger partial charge in [-0.15, -0.1) is 0 Å². The highest BCUT2D eigenvalue weighted by Crippen LogP contribution is 2.64. The van der Waals surface area contributed by atoms with Gasteiger partial charge in [0.15, 0.2) is 0 Å². The summed E-state index contributed by atoms with van der Waals surface area (Å²) in [5.74, 6) is 4.62. The van der Waals surface area contributed by atoms with Gasteiger partial charge in [-0.2, -0.15) is 0 Å². The molecule has 0 aliphatic heterocycles. The van der Waals surface area contributed by atoms with Gasteiger partial charge in [0, 0.05) is 6.42 Å². The minimum Gasteiger partial charge on any atom is -0.469 e. The standard InChI is InChI=1S/C20H30O/c1-13-14-6-7-18-19(2,3)9-5-10-20(18,4)16(14)12-17-15(13)8-11-21-17/h8,11,13-14,16,18H,5-7,9-10,12H2,1-4H3. The Hall–Kier alpha value is -0.720. The average molecular weight is 286 g/mol. The first-order valence-electron chi connectivity index (χ1n) is 9.00. The molecule has 2 fully saturated rings. The quantitative estimate of drug-likeness (QED) is 0.587. The topological polar surface area (TPSA) is 13.1 Å². The summed E-state index contributed by atoms with van der Waals surface area (Å²) in [6.45, 7) is 10.1. The van der Waals surface area contributed by atoms with Crippen LogP contribution in [0.5, 0.6) is 0 Å². The molecular weight excluding hydrogens is 256 g/mol. The third kappa shape index (κ3) is 1.82. The molecule has 0 radical (unpaired) electrons. The lowest BCUT2D eigenvalue weighted by Crippen LogP contribution is -2.53. The highest BCUT2D eigenvalue weighted by atomic mass is 16.3. The fourth-order valence-electron chi connectivity index (χ4n) is 6.72. The molecule has 5 atom stereocenters. The molecule has 3 aliphatic carbocycles. The summed E-state index contributed by atoms with van der Waals surface area (Å²) in [6.07, 6.45) is 10.3. The second kappa shape index (κ2) is 4.40. The highest BCUT2D eigenvalue weighted by molar-refractivity contribution is 5.28. The first kappa shape index (κ1) is 13.9. The number of furan rings is 1. The minimum atomic E-state index is 0.531. The largest absolute Gasteiger partial charge is 0.469 e. The van der Waals surface area contributed by atoms with Crippen LogP contribution >= 0.6 is 0 Å². The molecule has 116 valence electrons. The molecule has 0 aromatic carbocycles. The predicted molar refractivity (Wildman–Crippen MR) is 86.3 cm³/mol. The summed E-state index contributed by atoms with van der Waals surface area (Å²) in [4.78, 5) is 0. The Morgan fingerprint density at radius 2 is 1.95 bits per heavy atom. The van der Waals surface area contributed by atoms with Crippen LogP contribution in [-0.4, -0.2) is 0 Å². The zero-order valence-corrected chi connectivity index (χ0v) is 14.1. The van der Waals surface area contributed by atoms with Crippen LogP contribution in [0.1, 0.15) is 77.0 Å². The third-order valence-electron chi connectivity index (χ3n) is 7.75. The van der Waals surface area contributed by atoms with Crippen LogP contribution < -0.4 is 0 Å². The molecule has 0 amide bonds. The summed E-state index contributed by atoms with van der Waals surface area (Å²) in [5, 5.41) is 0. The van der Waals surface area contributed by atoms with Crippen molar-refractivity contribution in [3.05, 3.63) is 23.7 Å². The Bertz CT molecular complexity index is 540. The molecule has 1 nitrogen and oxygen atoms in total. The zero-order chi connectivity index (χ0) is 14.8. The van der Waals surface area contributed by atoms with E-state index in [4.69, 9.17) is 4.42 Å². The van der Waals surface area contributed by atoms with E-state index < -0.39 is 0 Å². The molecule has 1 aromatic rings. The number of hydrogen-bond acceptors (Lipinski definition) is 1. The van der Waals surface area contributed by atoms with Crippen LogP contribution in [0.3, 0.4) is 0 Å². The molecule has 0 saturated heterocycles. The van der Waals surface area contributed by atoms with Crippen molar-refractivity contribution in [2.24, 2.45) is 28.6 Å². The third-order valence-corrected chi connectivity index (χ3v) is 7.75. The summed E-state index contributed by atoms with van der Waals surface area (Å²) >= 11 is 0. The van der Waals surface area contributed by atoms with E-state index in [0.29, 0.717) is 16.7 Å². The number of hydrogen-bond donors (Lipinski definition) is 0. The molecule has 0 spiro atoms. The van der Waals surface area contributed by atoms with Gasteiger partial charge in [0.2, 0.25) is 0 Å². The highest BCUT2D eigenvalue weighted by Gasteiger charge is 2.56. The van der Waals surface area contributed by atoms with Crippen LogP contribution in [0.15, 0.2) is 16.7 Å². The molecule has 2 saturated carbocycles. The van der Waals surface area contributed by atoms with Crippen LogP contribution in [0.25, 0.3) is 0 Å². The fraction of sp³-hybridized carbons (Fsp3) is 0.800. The fourth-order valence-corrected chi connectivity index (χ4v) is 6.72. The van der Waals surface area contributed by atoms with Crippen molar-refractivity contribution in [3.63, 3.8) is 0 Å². The first-order chi connectivity index (χ1) is 9.93. The SMILES string of the molecule is CC1c2ccoc2CC2C1CCC1C(C)(C)CCCC21C. The van der Waals surface area contributed by atoms with Gasteiger partial charge in [-0.1, -0.05) is 34.1 Å². The lowest BCUT2D eigenvalue weighted by atomic mass is 9.44. The molecule has 0 bridgehead atoms. The normalized spacial score (nSPS) is 44.6. The monoisotopic (exact) mass is 286 g/mol. The summed E-state index contributed by atoms with van der Waals surface area (Å²) in [7, 11) is 0. The van der Waals surface area contributed by atoms with E-state index in [9.17, 15) is 0 Å². The molecule has 1 aromatic heterocycles. The average Bonchev–Trinajstić information content (AvgIpc) is 2.87. The summed E-state index contributed by atoms with van der Waals surface area (Å²) in [6, 6.07) is 2.23. The van der Waals surface area contributed by atoms with Gasteiger partial charge in [0.1, 0.15) is 5.76 Å². The molecule has 21 heavy (non-hydrogen) atoms. The van der Waals surface area contributed by atoms with Crippen LogP contribution in [-0.2, 0) is 6.42 Å². The van der Waals surface area contributed by atoms with E-state index in [1.165, 1.54) is 49.8 Å². The Balaban J connectivity index is 1.75. The van der Waals surface area contributed by atoms with Gasteiger partial charge in [0.05, 0.1) is 6.26 Å². The van der Waals surface area contributed by atoms with Crippen LogP contribution in [0, 0.1) is 28.6 Å². The van der Waals surface area contributed by atoms with E-state index in [1.807, 2.05) is 6.26 Å². The molecule has 0 N–H and O–H groups in total. The van der Waals surface area contributed by atoms with Crippen LogP contribution in [0.4, 0.5) is 0 Å². The van der Waals surface area contributed by atoms with Gasteiger partial charge >= 0.3 is 0 Å².